The lowest BCUT2D eigenvalue weighted by atomic mass is 9.88. The molecule has 2 aromatic carbocycles. The van der Waals surface area contributed by atoms with E-state index in [-0.39, 0.29) is 100 Å². The summed E-state index contributed by atoms with van der Waals surface area (Å²) in [6.45, 7) is -0.289. The number of urea groups is 1. The molecular weight excluding hydrogens is 1030 g/mol. The average molecular weight is 1100 g/mol. The van der Waals surface area contributed by atoms with E-state index in [1.165, 1.54) is 0 Å². The van der Waals surface area contributed by atoms with Crippen molar-refractivity contribution in [3.8, 4) is 0 Å². The van der Waals surface area contributed by atoms with Crippen LogP contribution in [0.3, 0.4) is 0 Å². The van der Waals surface area contributed by atoms with Gasteiger partial charge in [0.1, 0.15) is 23.6 Å². The third-order valence-electron chi connectivity index (χ3n) is 12.7. The van der Waals surface area contributed by atoms with E-state index < -0.39 is 84.5 Å². The fourth-order valence-electron chi connectivity index (χ4n) is 8.70. The Morgan fingerprint density at radius 2 is 1.44 bits per heavy atom. The summed E-state index contributed by atoms with van der Waals surface area (Å²) in [5, 5.41) is 65.8. The molecule has 2 aromatic rings. The van der Waals surface area contributed by atoms with Crippen LogP contribution in [0.15, 0.2) is 33.9 Å². The minimum Gasteiger partial charge on any atom is -0.477 e. The number of hydrogen-bond acceptors (Lipinski definition) is 18. The van der Waals surface area contributed by atoms with Crippen molar-refractivity contribution in [2.45, 2.75) is 124 Å². The van der Waals surface area contributed by atoms with Crippen molar-refractivity contribution in [1.82, 2.24) is 31.9 Å². The number of unbranched alkanes of at least 4 members (excludes halogenated alkanes) is 4. The van der Waals surface area contributed by atoms with E-state index in [0.29, 0.717) is 61.0 Å². The first-order valence-electron chi connectivity index (χ1n) is 25.2. The van der Waals surface area contributed by atoms with Gasteiger partial charge in [-0.2, -0.15) is 11.8 Å². The first-order valence-corrected chi connectivity index (χ1v) is 26.6. The molecule has 0 spiro atoms. The fourth-order valence-corrected chi connectivity index (χ4v) is 10.4. The third kappa shape index (κ3) is 19.1. The summed E-state index contributed by atoms with van der Waals surface area (Å²) in [6, 6.07) is 5.09. The lowest BCUT2D eigenvalue weighted by molar-refractivity contribution is -0.310. The van der Waals surface area contributed by atoms with Gasteiger partial charge < -0.3 is 81.9 Å². The molecule has 0 saturated carbocycles. The molecule has 27 heteroatoms. The van der Waals surface area contributed by atoms with Crippen LogP contribution in [0.5, 0.6) is 0 Å². The summed E-state index contributed by atoms with van der Waals surface area (Å²) in [7, 11) is 0. The first kappa shape index (κ1) is 60.7. The molecule has 12 N–H and O–H groups in total. The Labute approximate surface area is 441 Å². The van der Waals surface area contributed by atoms with Gasteiger partial charge in [-0.05, 0) is 43.4 Å². The second-order valence-corrected chi connectivity index (χ2v) is 20.1. The Bertz CT molecular complexity index is 2270. The van der Waals surface area contributed by atoms with Crippen LogP contribution >= 0.6 is 23.4 Å². The predicted molar refractivity (Wildman–Crippen MR) is 273 cm³/mol. The number of thioether (sulfide) groups is 1. The van der Waals surface area contributed by atoms with Gasteiger partial charge in [0.05, 0.1) is 69.8 Å². The second kappa shape index (κ2) is 31.1. The van der Waals surface area contributed by atoms with Crippen LogP contribution in [0.2, 0.25) is 5.02 Å². The van der Waals surface area contributed by atoms with E-state index in [9.17, 15) is 63.2 Å². The molecule has 3 aliphatic rings. The van der Waals surface area contributed by atoms with Crippen LogP contribution in [0, 0.1) is 0 Å². The second-order valence-electron chi connectivity index (χ2n) is 18.4. The fraction of sp³-hybridized carbons (Fsp3) is 0.667. The SMILES string of the molecule is O=C(CCCC[C@H]1SC[C@H]2NC(=O)N[C@H]21)NCCOCCC(=O)NCCOCCNc1c(NCCCCCCO[C@]2(C(=O)O)C[C@H](O)[C@@H](NC(=O)CF)[C@H]([C@H](O)[C@H](O)CNC(=O)Cc3ccc(Cl)cc3)O2)c(=O)c1=O. The lowest BCUT2D eigenvalue weighted by Crippen LogP contribution is -2.68. The zero-order valence-corrected chi connectivity index (χ0v) is 43.1. The largest absolute Gasteiger partial charge is 0.477 e. The highest BCUT2D eigenvalue weighted by atomic mass is 35.5. The average Bonchev–Trinajstić information content (AvgIpc) is 3.95. The summed E-state index contributed by atoms with van der Waals surface area (Å²) in [5.41, 5.74) is -0.462. The number of alkyl halides is 1. The van der Waals surface area contributed by atoms with Crippen molar-refractivity contribution in [3.63, 3.8) is 0 Å². The highest BCUT2D eigenvalue weighted by Gasteiger charge is 2.56. The van der Waals surface area contributed by atoms with Crippen molar-refractivity contribution >= 4 is 70.4 Å². The molecule has 3 saturated heterocycles. The predicted octanol–water partition coefficient (Wildman–Crippen LogP) is -0.816. The Kier molecular flexibility index (Phi) is 25.2. The summed E-state index contributed by atoms with van der Waals surface area (Å²) in [6.07, 6.45) is -3.18. The first-order chi connectivity index (χ1) is 36.0. The number of hydrogen-bond donors (Lipinski definition) is 12. The Morgan fingerprint density at radius 3 is 2.13 bits per heavy atom. The smallest absolute Gasteiger partial charge is 0.364 e. The number of anilines is 2. The number of benzene rings is 1. The molecule has 0 radical (unpaired) electrons. The van der Waals surface area contributed by atoms with Gasteiger partial charge in [-0.15, -0.1) is 0 Å². The molecular formula is C48H70ClFN8O16S. The van der Waals surface area contributed by atoms with Crippen LogP contribution in [-0.2, 0) is 49.3 Å². The van der Waals surface area contributed by atoms with Crippen LogP contribution in [0.4, 0.5) is 20.6 Å². The normalized spacial score (nSPS) is 22.8. The molecule has 0 unspecified atom stereocenters. The third-order valence-corrected chi connectivity index (χ3v) is 14.5. The molecule has 3 fully saturated rings. The molecule has 9 atom stereocenters. The van der Waals surface area contributed by atoms with Gasteiger partial charge >= 0.3 is 12.0 Å². The number of aliphatic hydroxyl groups excluding tert-OH is 3. The molecule has 6 amide bonds. The van der Waals surface area contributed by atoms with Crippen molar-refractivity contribution in [2.24, 2.45) is 0 Å². The lowest BCUT2D eigenvalue weighted by Gasteiger charge is -2.46. The van der Waals surface area contributed by atoms with E-state index >= 15 is 0 Å². The number of carbonyl (C=O) groups excluding carboxylic acids is 5. The minimum absolute atomic E-state index is 0.0585. The number of rotatable bonds is 36. The van der Waals surface area contributed by atoms with E-state index in [4.69, 9.17) is 30.5 Å². The van der Waals surface area contributed by atoms with Gasteiger partial charge in [0, 0.05) is 68.0 Å². The monoisotopic (exact) mass is 1100 g/mol. The highest BCUT2D eigenvalue weighted by Crippen LogP contribution is 2.35. The standard InChI is InChI=1S/C48H70ClFN8O16S/c49-29-11-9-28(10-12-29)23-36(63)55-26-32(60)42(65)45-39(57-37(64)25-50)31(59)24-48(74-45,46(68)69)73-18-6-2-1-5-14-53-40-41(44(67)43(40)66)54-17-22-72-21-16-52-35(62)13-19-71-20-15-51-34(61)8-4-3-7-33-38-30(27-75-33)56-47(70)58-38/h9-12,30-33,38-39,42,45,53-54,59-60,65H,1-8,13-27H2,(H,51,61)(H,52,62)(H,55,63)(H,57,64)(H,68,69)(H2,56,58,70)/t30-,31+,32-,33-,38-,39-,42-,45-,48-/m1/s1. The van der Waals surface area contributed by atoms with Gasteiger partial charge in [-0.25, -0.2) is 14.0 Å². The van der Waals surface area contributed by atoms with E-state index in [2.05, 4.69) is 42.5 Å². The number of carboxylic acid groups (broad SMARTS) is 1. The number of amides is 6. The molecule has 24 nitrogen and oxygen atoms in total. The molecule has 75 heavy (non-hydrogen) atoms. The summed E-state index contributed by atoms with van der Waals surface area (Å²) >= 11 is 7.73. The number of aliphatic carboxylic acids is 1. The molecule has 3 heterocycles. The summed E-state index contributed by atoms with van der Waals surface area (Å²) in [4.78, 5) is 97.4. The topological polar surface area (TPSA) is 351 Å². The minimum atomic E-state index is -2.55. The molecule has 5 rings (SSSR count). The van der Waals surface area contributed by atoms with Crippen molar-refractivity contribution in [3.05, 3.63) is 55.3 Å². The zero-order valence-electron chi connectivity index (χ0n) is 41.5. The number of fused-ring (bicyclic) bond motifs is 1. The van der Waals surface area contributed by atoms with Gasteiger partial charge in [-0.1, -0.05) is 43.0 Å². The Morgan fingerprint density at radius 1 is 0.787 bits per heavy atom. The highest BCUT2D eigenvalue weighted by molar-refractivity contribution is 8.00. The number of ether oxygens (including phenoxy) is 4. The van der Waals surface area contributed by atoms with Gasteiger partial charge in [-0.3, -0.25) is 28.8 Å². The molecule has 0 aliphatic carbocycles. The molecule has 0 bridgehead atoms. The van der Waals surface area contributed by atoms with E-state index in [1.807, 2.05) is 11.8 Å². The molecule has 3 aliphatic heterocycles. The summed E-state index contributed by atoms with van der Waals surface area (Å²) in [5.74, 6) is -5.34. The maximum atomic E-state index is 13.2. The number of aliphatic hydroxyl groups is 3. The molecule has 418 valence electrons. The number of nitrogens with one attached hydrogen (secondary N) is 8. The van der Waals surface area contributed by atoms with Crippen LogP contribution < -0.4 is 53.4 Å². The molecule has 0 aromatic heterocycles. The van der Waals surface area contributed by atoms with Gasteiger partial charge in [0.15, 0.2) is 6.67 Å². The van der Waals surface area contributed by atoms with E-state index in [1.54, 1.807) is 24.3 Å². The zero-order chi connectivity index (χ0) is 54.3. The Hall–Kier alpha value is -5.19. The number of carboxylic acids is 1. The Balaban J connectivity index is 0.889. The van der Waals surface area contributed by atoms with Gasteiger partial charge in [0.25, 0.3) is 22.6 Å². The number of halogens is 2. The van der Waals surface area contributed by atoms with Crippen LogP contribution in [0.1, 0.15) is 69.8 Å². The van der Waals surface area contributed by atoms with Crippen molar-refractivity contribution < 1.29 is 72.5 Å². The van der Waals surface area contributed by atoms with Crippen molar-refractivity contribution in [2.75, 3.05) is 88.8 Å². The van der Waals surface area contributed by atoms with Crippen molar-refractivity contribution in [1.29, 1.82) is 0 Å². The summed E-state index contributed by atoms with van der Waals surface area (Å²) < 4.78 is 35.6. The van der Waals surface area contributed by atoms with Crippen LogP contribution in [-0.4, -0.2) is 188 Å². The van der Waals surface area contributed by atoms with E-state index in [0.717, 1.165) is 25.0 Å². The quantitative estimate of drug-likeness (QED) is 0.0225. The maximum absolute atomic E-state index is 13.2. The number of carbonyl (C=O) groups is 6. The van der Waals surface area contributed by atoms with Gasteiger partial charge in [0.2, 0.25) is 17.7 Å². The van der Waals surface area contributed by atoms with Crippen LogP contribution in [0.25, 0.3) is 0 Å². The maximum Gasteiger partial charge on any atom is 0.364 e.